The number of nitrogens with one attached hydrogen (secondary N) is 2. The number of hydrogen-bond donors (Lipinski definition) is 3. The molecular formula is C18H38IN3O2S. The minimum Gasteiger partial charge on any atom is -0.389 e. The van der Waals surface area contributed by atoms with Gasteiger partial charge in [-0.25, -0.2) is 0 Å². The number of guanidine groups is 1. The summed E-state index contributed by atoms with van der Waals surface area (Å²) in [5, 5.41) is 17.6. The number of hydrogen-bond acceptors (Lipinski definition) is 4. The van der Waals surface area contributed by atoms with E-state index in [-0.39, 0.29) is 24.0 Å². The lowest BCUT2D eigenvalue weighted by Crippen LogP contribution is -2.46. The molecule has 1 aliphatic carbocycles. The maximum absolute atomic E-state index is 10.0. The van der Waals surface area contributed by atoms with Crippen molar-refractivity contribution in [3.05, 3.63) is 0 Å². The molecule has 0 saturated heterocycles. The molecule has 3 N–H and O–H groups in total. The summed E-state index contributed by atoms with van der Waals surface area (Å²) in [4.78, 5) is 4.53. The van der Waals surface area contributed by atoms with Gasteiger partial charge in [0.25, 0.3) is 0 Å². The van der Waals surface area contributed by atoms with Crippen LogP contribution in [0.4, 0.5) is 0 Å². The Morgan fingerprint density at radius 2 is 2.04 bits per heavy atom. The van der Waals surface area contributed by atoms with Crippen molar-refractivity contribution >= 4 is 41.7 Å². The predicted octanol–water partition coefficient (Wildman–Crippen LogP) is 3.26. The highest BCUT2D eigenvalue weighted by Crippen LogP contribution is 2.28. The summed E-state index contributed by atoms with van der Waals surface area (Å²) in [7, 11) is 0. The van der Waals surface area contributed by atoms with Crippen molar-refractivity contribution in [3.8, 4) is 0 Å². The zero-order valence-corrected chi connectivity index (χ0v) is 19.4. The van der Waals surface area contributed by atoms with Crippen LogP contribution >= 0.6 is 35.7 Å². The van der Waals surface area contributed by atoms with E-state index >= 15 is 0 Å². The van der Waals surface area contributed by atoms with Crippen LogP contribution in [-0.2, 0) is 4.74 Å². The fourth-order valence-corrected chi connectivity index (χ4v) is 4.04. The van der Waals surface area contributed by atoms with Crippen molar-refractivity contribution in [2.24, 2.45) is 10.9 Å². The Bertz CT molecular complexity index is 357. The monoisotopic (exact) mass is 487 g/mol. The first-order valence-electron chi connectivity index (χ1n) is 9.47. The third kappa shape index (κ3) is 12.3. The van der Waals surface area contributed by atoms with Gasteiger partial charge in [-0.2, -0.15) is 11.8 Å². The van der Waals surface area contributed by atoms with Gasteiger partial charge in [-0.15, -0.1) is 24.0 Å². The maximum Gasteiger partial charge on any atom is 0.191 e. The fraction of sp³-hybridized carbons (Fsp3) is 0.944. The Morgan fingerprint density at radius 3 is 2.68 bits per heavy atom. The van der Waals surface area contributed by atoms with Crippen LogP contribution in [0.5, 0.6) is 0 Å². The normalized spacial score (nSPS) is 22.4. The van der Waals surface area contributed by atoms with E-state index in [0.717, 1.165) is 17.8 Å². The molecule has 0 spiro atoms. The Morgan fingerprint density at radius 1 is 1.28 bits per heavy atom. The van der Waals surface area contributed by atoms with Crippen LogP contribution in [0.15, 0.2) is 4.99 Å². The Balaban J connectivity index is 0.00000576. The van der Waals surface area contributed by atoms with Crippen molar-refractivity contribution in [2.75, 3.05) is 32.1 Å². The molecule has 7 heteroatoms. The van der Waals surface area contributed by atoms with Crippen molar-refractivity contribution in [3.63, 3.8) is 0 Å². The average molecular weight is 487 g/mol. The number of ether oxygens (including phenoxy) is 1. The summed E-state index contributed by atoms with van der Waals surface area (Å²) in [6.07, 6.45) is 4.46. The molecule has 25 heavy (non-hydrogen) atoms. The molecule has 0 radical (unpaired) electrons. The zero-order valence-electron chi connectivity index (χ0n) is 16.3. The van der Waals surface area contributed by atoms with Crippen molar-refractivity contribution < 1.29 is 9.84 Å². The number of aliphatic hydroxyl groups is 1. The van der Waals surface area contributed by atoms with Crippen LogP contribution in [0.2, 0.25) is 0 Å². The smallest absolute Gasteiger partial charge is 0.191 e. The van der Waals surface area contributed by atoms with E-state index < -0.39 is 6.10 Å². The number of nitrogens with zero attached hydrogens (tertiary/aromatic N) is 1. The van der Waals surface area contributed by atoms with Gasteiger partial charge in [-0.05, 0) is 37.9 Å². The molecule has 3 atom stereocenters. The lowest BCUT2D eigenvalue weighted by atomic mass is 9.95. The zero-order chi connectivity index (χ0) is 17.8. The van der Waals surface area contributed by atoms with Crippen molar-refractivity contribution in [1.82, 2.24) is 10.6 Å². The van der Waals surface area contributed by atoms with E-state index in [1.165, 1.54) is 31.4 Å². The van der Waals surface area contributed by atoms with E-state index in [1.807, 2.05) is 0 Å². The largest absolute Gasteiger partial charge is 0.389 e. The first kappa shape index (κ1) is 25.3. The predicted molar refractivity (Wildman–Crippen MR) is 120 cm³/mol. The second-order valence-corrected chi connectivity index (χ2v) is 8.47. The molecule has 1 saturated carbocycles. The van der Waals surface area contributed by atoms with Gasteiger partial charge in [0.05, 0.1) is 19.3 Å². The number of rotatable bonds is 10. The van der Waals surface area contributed by atoms with Crippen LogP contribution in [0.3, 0.4) is 0 Å². The van der Waals surface area contributed by atoms with Crippen molar-refractivity contribution in [2.45, 2.75) is 70.8 Å². The molecule has 0 heterocycles. The van der Waals surface area contributed by atoms with E-state index in [0.29, 0.717) is 31.7 Å². The molecule has 0 bridgehead atoms. The summed E-state index contributed by atoms with van der Waals surface area (Å²) >= 11 is 2.07. The van der Waals surface area contributed by atoms with Crippen LogP contribution in [0.25, 0.3) is 0 Å². The van der Waals surface area contributed by atoms with Gasteiger partial charge in [-0.3, -0.25) is 4.99 Å². The van der Waals surface area contributed by atoms with Crippen LogP contribution in [-0.4, -0.2) is 60.5 Å². The van der Waals surface area contributed by atoms with Gasteiger partial charge in [0.2, 0.25) is 0 Å². The minimum absolute atomic E-state index is 0. The Kier molecular flexibility index (Phi) is 15.5. The minimum atomic E-state index is -0.547. The second-order valence-electron chi connectivity index (χ2n) is 6.89. The summed E-state index contributed by atoms with van der Waals surface area (Å²) in [6.45, 7) is 10.7. The average Bonchev–Trinajstić information content (AvgIpc) is 2.53. The molecule has 0 aliphatic heterocycles. The van der Waals surface area contributed by atoms with Gasteiger partial charge in [0, 0.05) is 24.4 Å². The quantitative estimate of drug-likeness (QED) is 0.251. The molecule has 1 aliphatic rings. The van der Waals surface area contributed by atoms with Gasteiger partial charge in [0.1, 0.15) is 0 Å². The lowest BCUT2D eigenvalue weighted by molar-refractivity contribution is 0.0301. The second kappa shape index (κ2) is 15.3. The van der Waals surface area contributed by atoms with Crippen LogP contribution < -0.4 is 10.6 Å². The Labute approximate surface area is 175 Å². The van der Waals surface area contributed by atoms with E-state index in [2.05, 4.69) is 55.1 Å². The highest BCUT2D eigenvalue weighted by atomic mass is 127. The summed E-state index contributed by atoms with van der Waals surface area (Å²) in [6, 6.07) is 0.481. The van der Waals surface area contributed by atoms with Gasteiger partial charge >= 0.3 is 0 Å². The topological polar surface area (TPSA) is 65.9 Å². The number of thioether (sulfide) groups is 1. The number of aliphatic imine (C=N–C) groups is 1. The van der Waals surface area contributed by atoms with E-state index in [1.54, 1.807) is 0 Å². The molecule has 1 fully saturated rings. The first-order chi connectivity index (χ1) is 11.5. The molecule has 0 aromatic carbocycles. The molecule has 0 aromatic rings. The third-order valence-electron chi connectivity index (χ3n) is 3.94. The highest BCUT2D eigenvalue weighted by molar-refractivity contribution is 14.0. The third-order valence-corrected chi connectivity index (χ3v) is 5.17. The molecule has 1 rings (SSSR count). The fourth-order valence-electron chi connectivity index (χ4n) is 2.87. The SMILES string of the molecule is CCNC(=NCC(O)COCC(C)C)NC1CCCC(SCC)C1.I. The lowest BCUT2D eigenvalue weighted by Gasteiger charge is -2.30. The molecule has 150 valence electrons. The van der Waals surface area contributed by atoms with Crippen LogP contribution in [0, 0.1) is 5.92 Å². The van der Waals surface area contributed by atoms with E-state index in [9.17, 15) is 5.11 Å². The van der Waals surface area contributed by atoms with Gasteiger partial charge in [0.15, 0.2) is 5.96 Å². The van der Waals surface area contributed by atoms with E-state index in [4.69, 9.17) is 4.74 Å². The standard InChI is InChI=1S/C18H37N3O2S.HI/c1-5-19-18(20-11-16(22)13-23-12-14(3)4)21-15-8-7-9-17(10-15)24-6-2;/h14-17,22H,5-13H2,1-4H3,(H2,19,20,21);1H. The van der Waals surface area contributed by atoms with Gasteiger partial charge in [-0.1, -0.05) is 27.2 Å². The number of halogens is 1. The molecule has 3 unspecified atom stereocenters. The molecule has 0 aromatic heterocycles. The first-order valence-corrected chi connectivity index (χ1v) is 10.5. The number of aliphatic hydroxyl groups excluding tert-OH is 1. The van der Waals surface area contributed by atoms with Gasteiger partial charge < -0.3 is 20.5 Å². The summed E-state index contributed by atoms with van der Waals surface area (Å²) in [5.41, 5.74) is 0. The van der Waals surface area contributed by atoms with Crippen LogP contribution in [0.1, 0.15) is 53.4 Å². The Hall–Kier alpha value is 0.270. The summed E-state index contributed by atoms with van der Waals surface area (Å²) in [5.74, 6) is 2.49. The summed E-state index contributed by atoms with van der Waals surface area (Å²) < 4.78 is 5.48. The maximum atomic E-state index is 10.0. The highest BCUT2D eigenvalue weighted by Gasteiger charge is 2.22. The van der Waals surface area contributed by atoms with Crippen molar-refractivity contribution in [1.29, 1.82) is 0 Å². The molecular weight excluding hydrogens is 449 g/mol. The molecule has 5 nitrogen and oxygen atoms in total. The molecule has 0 amide bonds.